The average molecular weight is 474 g/mol. The summed E-state index contributed by atoms with van der Waals surface area (Å²) in [6.45, 7) is 5.99. The summed E-state index contributed by atoms with van der Waals surface area (Å²) in [5.41, 5.74) is 17.3. The summed E-state index contributed by atoms with van der Waals surface area (Å²) in [7, 11) is 0. The zero-order chi connectivity index (χ0) is 24.9. The molecule has 182 valence electrons. The number of ether oxygens (including phenoxy) is 1. The minimum atomic E-state index is -0.498. The highest BCUT2D eigenvalue weighted by molar-refractivity contribution is 5.99. The van der Waals surface area contributed by atoms with Gasteiger partial charge in [0.25, 0.3) is 5.91 Å². The predicted octanol–water partition coefficient (Wildman–Crippen LogP) is 2.59. The van der Waals surface area contributed by atoms with E-state index in [1.165, 1.54) is 11.1 Å². The number of rotatable bonds is 8. The molecule has 1 aromatic heterocycles. The molecule has 2 amide bonds. The normalized spacial score (nSPS) is 17.3. The summed E-state index contributed by atoms with van der Waals surface area (Å²) in [5, 5.41) is 6.34. The molecular formula is C27H31N5O3. The standard InChI is InChI=1S/C27H31N5O3/c1-3-18-10-17(5-4-16(18)2)15-35-24-14-30-13-23(24)32-27(34)22-11-21(12-31-25(22)28)19-6-8-20(9-7-19)26(29)33/h4-12,23-24,30H,3,13-15H2,1-2H3,(H2,28,31)(H2,29,33)(H,32,34)/t23?,24-/m0/s1. The Morgan fingerprint density at radius 1 is 1.11 bits per heavy atom. The van der Waals surface area contributed by atoms with Gasteiger partial charge in [0.15, 0.2) is 0 Å². The Bertz CT molecular complexity index is 1230. The van der Waals surface area contributed by atoms with Gasteiger partial charge in [0.1, 0.15) is 5.82 Å². The van der Waals surface area contributed by atoms with Crippen LogP contribution in [0.5, 0.6) is 0 Å². The second kappa shape index (κ2) is 10.7. The average Bonchev–Trinajstić information content (AvgIpc) is 3.30. The zero-order valence-corrected chi connectivity index (χ0v) is 20.0. The third-order valence-electron chi connectivity index (χ3n) is 6.40. The van der Waals surface area contributed by atoms with Gasteiger partial charge >= 0.3 is 0 Å². The van der Waals surface area contributed by atoms with Crippen LogP contribution in [-0.4, -0.2) is 42.0 Å². The van der Waals surface area contributed by atoms with Gasteiger partial charge in [0.05, 0.1) is 24.3 Å². The summed E-state index contributed by atoms with van der Waals surface area (Å²) < 4.78 is 6.17. The van der Waals surface area contributed by atoms with Crippen LogP contribution in [-0.2, 0) is 17.8 Å². The smallest absolute Gasteiger partial charge is 0.255 e. The number of hydrogen-bond donors (Lipinski definition) is 4. The van der Waals surface area contributed by atoms with Gasteiger partial charge in [-0.15, -0.1) is 0 Å². The van der Waals surface area contributed by atoms with Crippen LogP contribution in [0.4, 0.5) is 5.82 Å². The Morgan fingerprint density at radius 2 is 1.89 bits per heavy atom. The molecular weight excluding hydrogens is 442 g/mol. The maximum absolute atomic E-state index is 13.1. The molecule has 35 heavy (non-hydrogen) atoms. The third kappa shape index (κ3) is 5.67. The topological polar surface area (TPSA) is 132 Å². The van der Waals surface area contributed by atoms with E-state index in [2.05, 4.69) is 47.7 Å². The van der Waals surface area contributed by atoms with Gasteiger partial charge in [-0.05, 0) is 53.8 Å². The molecule has 0 spiro atoms. The second-order valence-electron chi connectivity index (χ2n) is 8.80. The monoisotopic (exact) mass is 473 g/mol. The molecule has 1 fully saturated rings. The van der Waals surface area contributed by atoms with E-state index in [0.717, 1.165) is 17.5 Å². The maximum atomic E-state index is 13.1. The zero-order valence-electron chi connectivity index (χ0n) is 20.0. The number of aromatic nitrogens is 1. The van der Waals surface area contributed by atoms with Crippen molar-refractivity contribution in [2.24, 2.45) is 5.73 Å². The van der Waals surface area contributed by atoms with Crippen molar-refractivity contribution in [1.29, 1.82) is 0 Å². The first-order valence-electron chi connectivity index (χ1n) is 11.7. The quantitative estimate of drug-likeness (QED) is 0.398. The maximum Gasteiger partial charge on any atom is 0.255 e. The molecule has 3 aromatic rings. The van der Waals surface area contributed by atoms with Crippen LogP contribution >= 0.6 is 0 Å². The molecule has 2 atom stereocenters. The van der Waals surface area contributed by atoms with Crippen molar-refractivity contribution in [2.75, 3.05) is 18.8 Å². The number of hydrogen-bond acceptors (Lipinski definition) is 6. The molecule has 6 N–H and O–H groups in total. The molecule has 0 radical (unpaired) electrons. The number of nitrogen functional groups attached to an aromatic ring is 1. The number of nitrogens with one attached hydrogen (secondary N) is 2. The number of nitrogens with two attached hydrogens (primary N) is 2. The van der Waals surface area contributed by atoms with Crippen LogP contribution in [0.15, 0.2) is 54.7 Å². The Labute approximate surface area is 205 Å². The highest BCUT2D eigenvalue weighted by atomic mass is 16.5. The van der Waals surface area contributed by atoms with E-state index in [9.17, 15) is 9.59 Å². The van der Waals surface area contributed by atoms with Gasteiger partial charge in [-0.3, -0.25) is 9.59 Å². The van der Waals surface area contributed by atoms with Crippen molar-refractivity contribution in [3.05, 3.63) is 82.5 Å². The molecule has 2 heterocycles. The van der Waals surface area contributed by atoms with Crippen molar-refractivity contribution in [1.82, 2.24) is 15.6 Å². The molecule has 0 bridgehead atoms. The van der Waals surface area contributed by atoms with Gasteiger partial charge in [0, 0.05) is 30.4 Å². The summed E-state index contributed by atoms with van der Waals surface area (Å²) in [4.78, 5) is 28.6. The Balaban J connectivity index is 1.43. The number of carbonyl (C=O) groups excluding carboxylic acids is 2. The Kier molecular flexibility index (Phi) is 7.43. The number of nitrogens with zero attached hydrogens (tertiary/aromatic N) is 1. The largest absolute Gasteiger partial charge is 0.383 e. The van der Waals surface area contributed by atoms with Gasteiger partial charge in [-0.25, -0.2) is 4.98 Å². The van der Waals surface area contributed by atoms with Crippen LogP contribution in [0.25, 0.3) is 11.1 Å². The van der Waals surface area contributed by atoms with Gasteiger partial charge < -0.3 is 26.8 Å². The first-order valence-corrected chi connectivity index (χ1v) is 11.7. The van der Waals surface area contributed by atoms with Crippen LogP contribution in [0.3, 0.4) is 0 Å². The minimum Gasteiger partial charge on any atom is -0.383 e. The molecule has 1 aliphatic heterocycles. The number of pyridine rings is 1. The molecule has 0 aliphatic carbocycles. The van der Waals surface area contributed by atoms with Crippen LogP contribution < -0.4 is 22.1 Å². The van der Waals surface area contributed by atoms with E-state index in [-0.39, 0.29) is 23.9 Å². The SMILES string of the molecule is CCc1cc(CO[C@H]2CNCC2NC(=O)c2cc(-c3ccc(C(N)=O)cc3)cnc2N)ccc1C. The molecule has 1 unspecified atom stereocenters. The van der Waals surface area contributed by atoms with Crippen molar-refractivity contribution >= 4 is 17.6 Å². The molecule has 0 saturated carbocycles. The van der Waals surface area contributed by atoms with Crippen LogP contribution in [0.1, 0.15) is 44.3 Å². The van der Waals surface area contributed by atoms with E-state index in [1.807, 2.05) is 0 Å². The number of primary amides is 1. The predicted molar refractivity (Wildman–Crippen MR) is 136 cm³/mol. The molecule has 8 heteroatoms. The number of aryl methyl sites for hydroxylation is 2. The van der Waals surface area contributed by atoms with Crippen LogP contribution in [0.2, 0.25) is 0 Å². The number of anilines is 1. The van der Waals surface area contributed by atoms with Gasteiger partial charge in [0.2, 0.25) is 5.91 Å². The van der Waals surface area contributed by atoms with E-state index < -0.39 is 5.91 Å². The minimum absolute atomic E-state index is 0.148. The fraction of sp³-hybridized carbons (Fsp3) is 0.296. The number of carbonyl (C=O) groups is 2. The molecule has 8 nitrogen and oxygen atoms in total. The van der Waals surface area contributed by atoms with Crippen molar-refractivity contribution < 1.29 is 14.3 Å². The third-order valence-corrected chi connectivity index (χ3v) is 6.40. The number of amides is 2. The molecule has 2 aromatic carbocycles. The summed E-state index contributed by atoms with van der Waals surface area (Å²) in [5.74, 6) is -0.658. The fourth-order valence-corrected chi connectivity index (χ4v) is 4.26. The Morgan fingerprint density at radius 3 is 2.60 bits per heavy atom. The summed E-state index contributed by atoms with van der Waals surface area (Å²) in [6.07, 6.45) is 2.41. The lowest BCUT2D eigenvalue weighted by Crippen LogP contribution is -2.44. The first kappa shape index (κ1) is 24.4. The fourth-order valence-electron chi connectivity index (χ4n) is 4.26. The lowest BCUT2D eigenvalue weighted by Gasteiger charge is -2.21. The summed E-state index contributed by atoms with van der Waals surface area (Å²) in [6, 6.07) is 14.7. The van der Waals surface area contributed by atoms with Crippen molar-refractivity contribution in [3.8, 4) is 11.1 Å². The molecule has 1 aliphatic rings. The first-order chi connectivity index (χ1) is 16.9. The Hall–Kier alpha value is -3.75. The highest BCUT2D eigenvalue weighted by Crippen LogP contribution is 2.23. The van der Waals surface area contributed by atoms with E-state index in [1.54, 1.807) is 36.5 Å². The lowest BCUT2D eigenvalue weighted by atomic mass is 10.0. The van der Waals surface area contributed by atoms with E-state index in [4.69, 9.17) is 16.2 Å². The van der Waals surface area contributed by atoms with Gasteiger partial charge in [-0.2, -0.15) is 0 Å². The molecule has 1 saturated heterocycles. The molecule has 4 rings (SSSR count). The van der Waals surface area contributed by atoms with Crippen molar-refractivity contribution in [3.63, 3.8) is 0 Å². The number of benzene rings is 2. The lowest BCUT2D eigenvalue weighted by molar-refractivity contribution is 0.0357. The summed E-state index contributed by atoms with van der Waals surface area (Å²) >= 11 is 0. The van der Waals surface area contributed by atoms with Crippen molar-refractivity contribution in [2.45, 2.75) is 39.0 Å². The van der Waals surface area contributed by atoms with Crippen LogP contribution in [0, 0.1) is 6.92 Å². The van der Waals surface area contributed by atoms with E-state index >= 15 is 0 Å². The highest BCUT2D eigenvalue weighted by Gasteiger charge is 2.30. The van der Waals surface area contributed by atoms with E-state index in [0.29, 0.717) is 36.4 Å². The second-order valence-corrected chi connectivity index (χ2v) is 8.80. The van der Waals surface area contributed by atoms with Gasteiger partial charge in [-0.1, -0.05) is 37.3 Å².